The Bertz CT molecular complexity index is 934. The van der Waals surface area contributed by atoms with Gasteiger partial charge in [-0.1, -0.05) is 56.7 Å². The van der Waals surface area contributed by atoms with Crippen molar-refractivity contribution < 1.29 is 0 Å². The highest BCUT2D eigenvalue weighted by Crippen LogP contribution is 2.39. The van der Waals surface area contributed by atoms with Gasteiger partial charge in [-0.05, 0) is 67.9 Å². The standard InChI is InChI=1S/C26H35N3O/c1-3-5-6-9-20-12-14-21(15-13-20)26(4-2)16-18-29(19-17-26)25-27-23-11-8-7-10-22(23)24(30)28-25/h6,9,12-15H,3-5,7-8,10-11,16-19H2,1-2H3,(H,27,28,30)/b9-6+. The molecule has 2 aromatic rings. The first-order valence-electron chi connectivity index (χ1n) is 11.8. The molecule has 4 nitrogen and oxygen atoms in total. The topological polar surface area (TPSA) is 49.0 Å². The molecule has 1 aliphatic carbocycles. The summed E-state index contributed by atoms with van der Waals surface area (Å²) in [5, 5.41) is 0. The van der Waals surface area contributed by atoms with Crippen LogP contribution in [0.4, 0.5) is 5.95 Å². The van der Waals surface area contributed by atoms with Gasteiger partial charge in [0, 0.05) is 18.7 Å². The minimum Gasteiger partial charge on any atom is -0.342 e. The van der Waals surface area contributed by atoms with Crippen LogP contribution in [0.25, 0.3) is 6.08 Å². The second kappa shape index (κ2) is 9.20. The summed E-state index contributed by atoms with van der Waals surface area (Å²) in [5.74, 6) is 0.779. The molecule has 0 amide bonds. The zero-order valence-corrected chi connectivity index (χ0v) is 18.5. The lowest BCUT2D eigenvalue weighted by Gasteiger charge is -2.42. The van der Waals surface area contributed by atoms with Gasteiger partial charge in [-0.3, -0.25) is 9.78 Å². The van der Waals surface area contributed by atoms with Crippen molar-refractivity contribution in [2.45, 2.75) is 77.0 Å². The fraction of sp³-hybridized carbons (Fsp3) is 0.538. The van der Waals surface area contributed by atoms with Crippen LogP contribution in [0.5, 0.6) is 0 Å². The summed E-state index contributed by atoms with van der Waals surface area (Å²) in [6, 6.07) is 9.16. The van der Waals surface area contributed by atoms with E-state index in [1.807, 2.05) is 0 Å². The van der Waals surface area contributed by atoms with Crippen molar-refractivity contribution in [3.8, 4) is 0 Å². The Labute approximate surface area is 180 Å². The molecular formula is C26H35N3O. The molecule has 4 rings (SSSR count). The van der Waals surface area contributed by atoms with E-state index in [9.17, 15) is 4.79 Å². The van der Waals surface area contributed by atoms with Crippen molar-refractivity contribution in [1.29, 1.82) is 0 Å². The van der Waals surface area contributed by atoms with Crippen LogP contribution in [0.2, 0.25) is 0 Å². The van der Waals surface area contributed by atoms with Crippen molar-refractivity contribution in [3.05, 3.63) is 63.1 Å². The molecule has 0 saturated carbocycles. The van der Waals surface area contributed by atoms with Gasteiger partial charge in [0.2, 0.25) is 5.95 Å². The lowest BCUT2D eigenvalue weighted by atomic mass is 9.71. The van der Waals surface area contributed by atoms with Crippen LogP contribution in [0.1, 0.15) is 81.2 Å². The minimum atomic E-state index is 0.0775. The molecule has 1 aliphatic heterocycles. The number of aromatic amines is 1. The molecule has 1 aromatic carbocycles. The van der Waals surface area contributed by atoms with E-state index < -0.39 is 0 Å². The number of benzene rings is 1. The van der Waals surface area contributed by atoms with Gasteiger partial charge < -0.3 is 4.90 Å². The SMILES string of the molecule is CCC/C=C/c1ccc(C2(CC)CCN(c3nc4c(c(=O)[nH]3)CCCC4)CC2)cc1. The Morgan fingerprint density at radius 3 is 2.53 bits per heavy atom. The highest BCUT2D eigenvalue weighted by molar-refractivity contribution is 5.50. The molecule has 1 aromatic heterocycles. The van der Waals surface area contributed by atoms with E-state index in [-0.39, 0.29) is 11.0 Å². The van der Waals surface area contributed by atoms with Gasteiger partial charge in [0.1, 0.15) is 0 Å². The van der Waals surface area contributed by atoms with Gasteiger partial charge in [-0.25, -0.2) is 4.98 Å². The number of aromatic nitrogens is 2. The summed E-state index contributed by atoms with van der Waals surface area (Å²) in [6.45, 7) is 6.39. The number of unbranched alkanes of at least 4 members (excludes halogenated alkanes) is 1. The molecule has 4 heteroatoms. The number of rotatable bonds is 6. The number of nitrogens with zero attached hydrogens (tertiary/aromatic N) is 2. The fourth-order valence-electron chi connectivity index (χ4n) is 5.07. The van der Waals surface area contributed by atoms with Gasteiger partial charge in [-0.2, -0.15) is 0 Å². The number of hydrogen-bond donors (Lipinski definition) is 1. The highest BCUT2D eigenvalue weighted by atomic mass is 16.1. The van der Waals surface area contributed by atoms with Crippen molar-refractivity contribution >= 4 is 12.0 Å². The molecule has 0 unspecified atom stereocenters. The Hall–Kier alpha value is -2.36. The second-order valence-corrected chi connectivity index (χ2v) is 8.96. The molecule has 30 heavy (non-hydrogen) atoms. The quantitative estimate of drug-likeness (QED) is 0.699. The molecule has 2 aliphatic rings. The second-order valence-electron chi connectivity index (χ2n) is 8.96. The zero-order chi connectivity index (χ0) is 21.0. The fourth-order valence-corrected chi connectivity index (χ4v) is 5.07. The molecule has 2 heterocycles. The predicted molar refractivity (Wildman–Crippen MR) is 125 cm³/mol. The average Bonchev–Trinajstić information content (AvgIpc) is 2.80. The van der Waals surface area contributed by atoms with E-state index in [0.717, 1.165) is 81.7 Å². The zero-order valence-electron chi connectivity index (χ0n) is 18.5. The van der Waals surface area contributed by atoms with E-state index >= 15 is 0 Å². The van der Waals surface area contributed by atoms with Gasteiger partial charge in [0.15, 0.2) is 0 Å². The minimum absolute atomic E-state index is 0.0775. The summed E-state index contributed by atoms with van der Waals surface area (Å²) >= 11 is 0. The normalized spacial score (nSPS) is 18.5. The van der Waals surface area contributed by atoms with Crippen LogP contribution in [0.3, 0.4) is 0 Å². The van der Waals surface area contributed by atoms with Crippen LogP contribution in [0, 0.1) is 0 Å². The number of nitrogens with one attached hydrogen (secondary N) is 1. The highest BCUT2D eigenvalue weighted by Gasteiger charge is 2.35. The number of piperidine rings is 1. The first-order valence-corrected chi connectivity index (χ1v) is 11.8. The van der Waals surface area contributed by atoms with Gasteiger partial charge >= 0.3 is 0 Å². The van der Waals surface area contributed by atoms with Crippen molar-refractivity contribution in [2.75, 3.05) is 18.0 Å². The van der Waals surface area contributed by atoms with Crippen LogP contribution < -0.4 is 10.5 Å². The van der Waals surface area contributed by atoms with Crippen LogP contribution in [0.15, 0.2) is 35.1 Å². The van der Waals surface area contributed by atoms with E-state index in [4.69, 9.17) is 4.98 Å². The lowest BCUT2D eigenvalue weighted by molar-refractivity contribution is 0.318. The smallest absolute Gasteiger partial charge is 0.255 e. The van der Waals surface area contributed by atoms with Crippen molar-refractivity contribution in [1.82, 2.24) is 9.97 Å². The van der Waals surface area contributed by atoms with Crippen LogP contribution >= 0.6 is 0 Å². The molecule has 1 N–H and O–H groups in total. The number of H-pyrrole nitrogens is 1. The summed E-state index contributed by atoms with van der Waals surface area (Å²) in [5.41, 5.74) is 4.97. The summed E-state index contributed by atoms with van der Waals surface area (Å²) in [4.78, 5) is 22.7. The molecule has 0 bridgehead atoms. The molecule has 1 saturated heterocycles. The number of allylic oxidation sites excluding steroid dienone is 1. The van der Waals surface area contributed by atoms with E-state index in [0.29, 0.717) is 0 Å². The van der Waals surface area contributed by atoms with E-state index in [1.54, 1.807) is 0 Å². The average molecular weight is 406 g/mol. The maximum Gasteiger partial charge on any atom is 0.255 e. The maximum absolute atomic E-state index is 12.5. The van der Waals surface area contributed by atoms with Crippen LogP contribution in [-0.4, -0.2) is 23.1 Å². The summed E-state index contributed by atoms with van der Waals surface area (Å²) in [6.07, 6.45) is 14.2. The third kappa shape index (κ3) is 4.23. The van der Waals surface area contributed by atoms with Gasteiger partial charge in [0.25, 0.3) is 5.56 Å². The Kier molecular flexibility index (Phi) is 6.40. The number of fused-ring (bicyclic) bond motifs is 1. The Morgan fingerprint density at radius 1 is 1.10 bits per heavy atom. The molecule has 0 atom stereocenters. The monoisotopic (exact) mass is 405 g/mol. The Balaban J connectivity index is 1.48. The number of aryl methyl sites for hydroxylation is 1. The van der Waals surface area contributed by atoms with Gasteiger partial charge in [-0.15, -0.1) is 0 Å². The van der Waals surface area contributed by atoms with E-state index in [1.165, 1.54) is 17.5 Å². The summed E-state index contributed by atoms with van der Waals surface area (Å²) in [7, 11) is 0. The van der Waals surface area contributed by atoms with Crippen molar-refractivity contribution in [2.24, 2.45) is 0 Å². The molecule has 160 valence electrons. The third-order valence-corrected chi connectivity index (χ3v) is 7.16. The molecule has 0 spiro atoms. The van der Waals surface area contributed by atoms with Crippen LogP contribution in [-0.2, 0) is 18.3 Å². The maximum atomic E-state index is 12.5. The molecule has 1 fully saturated rings. The first-order chi connectivity index (χ1) is 14.6. The first kappa shape index (κ1) is 20.9. The predicted octanol–water partition coefficient (Wildman–Crippen LogP) is 5.41. The largest absolute Gasteiger partial charge is 0.342 e. The third-order valence-electron chi connectivity index (χ3n) is 7.16. The Morgan fingerprint density at radius 2 is 1.83 bits per heavy atom. The lowest BCUT2D eigenvalue weighted by Crippen LogP contribution is -2.44. The molecular weight excluding hydrogens is 370 g/mol. The van der Waals surface area contributed by atoms with Gasteiger partial charge in [0.05, 0.1) is 5.69 Å². The van der Waals surface area contributed by atoms with E-state index in [2.05, 4.69) is 60.1 Å². The van der Waals surface area contributed by atoms with Crippen molar-refractivity contribution in [3.63, 3.8) is 0 Å². The number of anilines is 1. The molecule has 0 radical (unpaired) electrons. The number of hydrogen-bond acceptors (Lipinski definition) is 3. The summed E-state index contributed by atoms with van der Waals surface area (Å²) < 4.78 is 0.